The van der Waals surface area contributed by atoms with Crippen molar-refractivity contribution >= 4 is 11.9 Å². The van der Waals surface area contributed by atoms with E-state index in [9.17, 15) is 4.79 Å². The molecule has 1 fully saturated rings. The van der Waals surface area contributed by atoms with Crippen molar-refractivity contribution in [2.75, 3.05) is 18.4 Å². The highest BCUT2D eigenvalue weighted by Crippen LogP contribution is 2.24. The van der Waals surface area contributed by atoms with Crippen molar-refractivity contribution in [1.82, 2.24) is 9.88 Å². The van der Waals surface area contributed by atoms with E-state index in [0.717, 1.165) is 37.4 Å². The molecule has 0 aromatic carbocycles. The van der Waals surface area contributed by atoms with Crippen LogP contribution in [0.2, 0.25) is 0 Å². The van der Waals surface area contributed by atoms with Crippen molar-refractivity contribution in [2.24, 2.45) is 5.92 Å². The Labute approximate surface area is 201 Å². The highest BCUT2D eigenvalue weighted by molar-refractivity contribution is 5.68. The van der Waals surface area contributed by atoms with Gasteiger partial charge in [-0.15, -0.1) is 0 Å². The third-order valence-corrected chi connectivity index (χ3v) is 6.35. The topological polar surface area (TPSA) is 63.7 Å². The van der Waals surface area contributed by atoms with Gasteiger partial charge in [-0.05, 0) is 71.4 Å². The molecule has 3 unspecified atom stereocenters. The number of hydrogen-bond acceptors (Lipinski definition) is 5. The van der Waals surface area contributed by atoms with Gasteiger partial charge in [0.15, 0.2) is 0 Å². The summed E-state index contributed by atoms with van der Waals surface area (Å²) in [5, 5.41) is 3.47. The minimum absolute atomic E-state index is 0.168. The highest BCUT2D eigenvalue weighted by atomic mass is 16.6. The van der Waals surface area contributed by atoms with Gasteiger partial charge in [-0.2, -0.15) is 0 Å². The number of rotatable bonds is 12. The monoisotopic (exact) mass is 461 g/mol. The second kappa shape index (κ2) is 13.7. The van der Waals surface area contributed by atoms with Crippen LogP contribution in [0.4, 0.5) is 10.6 Å². The molecule has 0 bridgehead atoms. The average Bonchev–Trinajstić information content (AvgIpc) is 2.76. The lowest BCUT2D eigenvalue weighted by Crippen LogP contribution is -2.47. The summed E-state index contributed by atoms with van der Waals surface area (Å²) in [4.78, 5) is 18.8. The van der Waals surface area contributed by atoms with Gasteiger partial charge in [0.25, 0.3) is 0 Å². The van der Waals surface area contributed by atoms with Crippen molar-refractivity contribution < 1.29 is 14.3 Å². The molecule has 3 atom stereocenters. The van der Waals surface area contributed by atoms with E-state index in [1.165, 1.54) is 38.5 Å². The van der Waals surface area contributed by atoms with E-state index in [-0.39, 0.29) is 18.2 Å². The lowest BCUT2D eigenvalue weighted by molar-refractivity contribution is 0.0206. The number of hydrogen-bond donors (Lipinski definition) is 1. The standard InChI is InChI=1S/C27H47N3O3/c1-7-9-10-11-12-14-22(8-2)21(3)32-24-16-17-25(28-19-24)29-23-15-13-18-30(20-23)26(31)33-27(4,5)6/h16-17,19,21-23H,7-15,18,20H2,1-6H3,(H,28,29). The Morgan fingerprint density at radius 3 is 2.61 bits per heavy atom. The molecule has 1 aromatic rings. The van der Waals surface area contributed by atoms with E-state index >= 15 is 0 Å². The maximum atomic E-state index is 12.4. The van der Waals surface area contributed by atoms with Gasteiger partial charge in [-0.1, -0.05) is 46.0 Å². The molecule has 33 heavy (non-hydrogen) atoms. The predicted octanol–water partition coefficient (Wildman–Crippen LogP) is 7.05. The van der Waals surface area contributed by atoms with Gasteiger partial charge in [-0.25, -0.2) is 9.78 Å². The van der Waals surface area contributed by atoms with Crippen LogP contribution < -0.4 is 10.1 Å². The molecule has 2 heterocycles. The first-order valence-corrected chi connectivity index (χ1v) is 13.1. The summed E-state index contributed by atoms with van der Waals surface area (Å²) in [5.41, 5.74) is -0.474. The molecule has 1 aliphatic heterocycles. The molecule has 0 aliphatic carbocycles. The van der Waals surface area contributed by atoms with E-state index in [0.29, 0.717) is 12.5 Å². The van der Waals surface area contributed by atoms with Crippen LogP contribution in [-0.2, 0) is 4.74 Å². The molecular weight excluding hydrogens is 414 g/mol. The van der Waals surface area contributed by atoms with E-state index < -0.39 is 5.60 Å². The minimum atomic E-state index is -0.474. The Kier molecular flexibility index (Phi) is 11.3. The predicted molar refractivity (Wildman–Crippen MR) is 136 cm³/mol. The zero-order chi connectivity index (χ0) is 24.3. The number of carbonyl (C=O) groups excluding carboxylic acids is 1. The molecule has 0 spiro atoms. The Morgan fingerprint density at radius 2 is 1.97 bits per heavy atom. The van der Waals surface area contributed by atoms with Gasteiger partial charge in [0, 0.05) is 19.1 Å². The zero-order valence-electron chi connectivity index (χ0n) is 21.9. The quantitative estimate of drug-likeness (QED) is 0.338. The maximum absolute atomic E-state index is 12.4. The molecular formula is C27H47N3O3. The smallest absolute Gasteiger partial charge is 0.410 e. The maximum Gasteiger partial charge on any atom is 0.410 e. The second-order valence-electron chi connectivity index (χ2n) is 10.5. The number of nitrogens with zero attached hydrogens (tertiary/aromatic N) is 2. The van der Waals surface area contributed by atoms with E-state index in [4.69, 9.17) is 9.47 Å². The van der Waals surface area contributed by atoms with Crippen LogP contribution in [0, 0.1) is 5.92 Å². The molecule has 1 N–H and O–H groups in total. The molecule has 6 nitrogen and oxygen atoms in total. The molecule has 6 heteroatoms. The van der Waals surface area contributed by atoms with Gasteiger partial charge in [0.2, 0.25) is 0 Å². The number of ether oxygens (including phenoxy) is 2. The Hall–Kier alpha value is -1.98. The normalized spacial score (nSPS) is 18.5. The number of likely N-dealkylation sites (tertiary alicyclic amines) is 1. The van der Waals surface area contributed by atoms with Crippen LogP contribution in [0.1, 0.15) is 99.3 Å². The lowest BCUT2D eigenvalue weighted by Gasteiger charge is -2.34. The van der Waals surface area contributed by atoms with E-state index in [1.807, 2.05) is 32.9 Å². The van der Waals surface area contributed by atoms with Crippen molar-refractivity contribution in [3.63, 3.8) is 0 Å². The van der Waals surface area contributed by atoms with Crippen LogP contribution in [0.3, 0.4) is 0 Å². The molecule has 188 valence electrons. The van der Waals surface area contributed by atoms with Gasteiger partial charge in [0.1, 0.15) is 17.2 Å². The van der Waals surface area contributed by atoms with Crippen molar-refractivity contribution in [1.29, 1.82) is 0 Å². The van der Waals surface area contributed by atoms with Gasteiger partial charge in [-0.3, -0.25) is 0 Å². The first-order chi connectivity index (χ1) is 15.7. The van der Waals surface area contributed by atoms with Crippen LogP contribution in [0.15, 0.2) is 18.3 Å². The summed E-state index contributed by atoms with van der Waals surface area (Å²) in [6.07, 6.45) is 12.7. The number of nitrogens with one attached hydrogen (secondary N) is 1. The summed E-state index contributed by atoms with van der Waals surface area (Å²) in [7, 11) is 0. The Bertz CT molecular complexity index is 687. The number of amides is 1. The fraction of sp³-hybridized carbons (Fsp3) is 0.778. The summed E-state index contributed by atoms with van der Waals surface area (Å²) in [6.45, 7) is 13.8. The SMILES string of the molecule is CCCCCCCC(CC)C(C)Oc1ccc(NC2CCCN(C(=O)OC(C)(C)C)C2)nc1. The second-order valence-corrected chi connectivity index (χ2v) is 10.5. The number of anilines is 1. The van der Waals surface area contributed by atoms with Crippen LogP contribution >= 0.6 is 0 Å². The van der Waals surface area contributed by atoms with Crippen molar-refractivity contribution in [2.45, 2.75) is 117 Å². The largest absolute Gasteiger partial charge is 0.489 e. The van der Waals surface area contributed by atoms with E-state index in [2.05, 4.69) is 31.1 Å². The molecule has 1 amide bonds. The Balaban J connectivity index is 1.81. The average molecular weight is 462 g/mol. The molecule has 1 aliphatic rings. The van der Waals surface area contributed by atoms with Crippen LogP contribution in [0.5, 0.6) is 5.75 Å². The molecule has 0 saturated carbocycles. The van der Waals surface area contributed by atoms with Gasteiger partial charge in [0.05, 0.1) is 12.3 Å². The first kappa shape index (κ1) is 27.3. The number of aromatic nitrogens is 1. The number of piperidine rings is 1. The van der Waals surface area contributed by atoms with Gasteiger partial charge < -0.3 is 19.7 Å². The van der Waals surface area contributed by atoms with Gasteiger partial charge >= 0.3 is 6.09 Å². The van der Waals surface area contributed by atoms with Crippen LogP contribution in [0.25, 0.3) is 0 Å². The number of unbranched alkanes of at least 4 members (excludes halogenated alkanes) is 4. The summed E-state index contributed by atoms with van der Waals surface area (Å²) in [5.74, 6) is 2.20. The Morgan fingerprint density at radius 1 is 1.21 bits per heavy atom. The fourth-order valence-corrected chi connectivity index (χ4v) is 4.42. The minimum Gasteiger partial charge on any atom is -0.489 e. The summed E-state index contributed by atoms with van der Waals surface area (Å²) in [6, 6.07) is 4.13. The van der Waals surface area contributed by atoms with E-state index in [1.54, 1.807) is 11.1 Å². The third-order valence-electron chi connectivity index (χ3n) is 6.35. The highest BCUT2D eigenvalue weighted by Gasteiger charge is 2.27. The first-order valence-electron chi connectivity index (χ1n) is 13.1. The van der Waals surface area contributed by atoms with Crippen molar-refractivity contribution in [3.05, 3.63) is 18.3 Å². The molecule has 2 rings (SSSR count). The number of carbonyl (C=O) groups is 1. The molecule has 0 radical (unpaired) electrons. The zero-order valence-corrected chi connectivity index (χ0v) is 21.9. The third kappa shape index (κ3) is 10.2. The molecule has 1 saturated heterocycles. The van der Waals surface area contributed by atoms with Crippen molar-refractivity contribution in [3.8, 4) is 5.75 Å². The summed E-state index contributed by atoms with van der Waals surface area (Å²) < 4.78 is 11.8. The molecule has 1 aromatic heterocycles. The summed E-state index contributed by atoms with van der Waals surface area (Å²) >= 11 is 0. The van der Waals surface area contributed by atoms with Crippen LogP contribution in [-0.4, -0.2) is 46.8 Å². The lowest BCUT2D eigenvalue weighted by atomic mass is 9.93. The fourth-order valence-electron chi connectivity index (χ4n) is 4.42. The number of pyridine rings is 1.